The number of rotatable bonds is 2. The van der Waals surface area contributed by atoms with Crippen molar-refractivity contribution in [1.82, 2.24) is 0 Å². The standard InChI is InChI=1S/C8H8ClNO3/c9-7-4(3-6(10)12)1-2-5(11)8(7)13/h1-2,11,13H,3H2,(H2,10,12). The highest BCUT2D eigenvalue weighted by Gasteiger charge is 2.11. The first-order valence-electron chi connectivity index (χ1n) is 3.50. The largest absolute Gasteiger partial charge is 0.504 e. The van der Waals surface area contributed by atoms with E-state index in [1.807, 2.05) is 0 Å². The Hall–Kier alpha value is -1.42. The summed E-state index contributed by atoms with van der Waals surface area (Å²) in [6.45, 7) is 0. The Bertz CT molecular complexity index is 351. The van der Waals surface area contributed by atoms with Crippen LogP contribution in [0.5, 0.6) is 11.5 Å². The number of aromatic hydroxyl groups is 2. The zero-order valence-corrected chi connectivity index (χ0v) is 7.38. The van der Waals surface area contributed by atoms with Crippen molar-refractivity contribution in [3.63, 3.8) is 0 Å². The van der Waals surface area contributed by atoms with Gasteiger partial charge in [0.15, 0.2) is 11.5 Å². The van der Waals surface area contributed by atoms with Crippen LogP contribution in [0, 0.1) is 0 Å². The molecule has 70 valence electrons. The minimum atomic E-state index is -0.549. The van der Waals surface area contributed by atoms with Crippen LogP contribution in [0.25, 0.3) is 0 Å². The fraction of sp³-hybridized carbons (Fsp3) is 0.125. The van der Waals surface area contributed by atoms with E-state index in [1.165, 1.54) is 12.1 Å². The van der Waals surface area contributed by atoms with Gasteiger partial charge in [0.25, 0.3) is 0 Å². The van der Waals surface area contributed by atoms with Crippen molar-refractivity contribution in [2.45, 2.75) is 6.42 Å². The molecular weight excluding hydrogens is 194 g/mol. The van der Waals surface area contributed by atoms with Crippen LogP contribution in [0.15, 0.2) is 12.1 Å². The van der Waals surface area contributed by atoms with Gasteiger partial charge in [0.2, 0.25) is 5.91 Å². The van der Waals surface area contributed by atoms with Crippen molar-refractivity contribution in [3.05, 3.63) is 22.7 Å². The van der Waals surface area contributed by atoms with Crippen LogP contribution in [0.2, 0.25) is 5.02 Å². The molecule has 4 nitrogen and oxygen atoms in total. The van der Waals surface area contributed by atoms with Crippen LogP contribution in [0.4, 0.5) is 0 Å². The molecular formula is C8H8ClNO3. The Balaban J connectivity index is 3.10. The number of amides is 1. The zero-order valence-electron chi connectivity index (χ0n) is 6.62. The first-order valence-corrected chi connectivity index (χ1v) is 3.87. The fourth-order valence-electron chi connectivity index (χ4n) is 0.920. The summed E-state index contributed by atoms with van der Waals surface area (Å²) in [5.74, 6) is -1.30. The third-order valence-electron chi connectivity index (χ3n) is 1.54. The second-order valence-electron chi connectivity index (χ2n) is 2.55. The van der Waals surface area contributed by atoms with Gasteiger partial charge in [-0.05, 0) is 11.6 Å². The summed E-state index contributed by atoms with van der Waals surface area (Å²) in [4.78, 5) is 10.5. The van der Waals surface area contributed by atoms with Crippen molar-refractivity contribution in [1.29, 1.82) is 0 Å². The van der Waals surface area contributed by atoms with Gasteiger partial charge in [-0.25, -0.2) is 0 Å². The van der Waals surface area contributed by atoms with Gasteiger partial charge in [0.1, 0.15) is 0 Å². The van der Waals surface area contributed by atoms with E-state index in [4.69, 9.17) is 27.5 Å². The van der Waals surface area contributed by atoms with Crippen molar-refractivity contribution in [2.75, 3.05) is 0 Å². The van der Waals surface area contributed by atoms with E-state index in [-0.39, 0.29) is 17.2 Å². The summed E-state index contributed by atoms with van der Waals surface area (Å²) in [6.07, 6.45) is -0.0628. The van der Waals surface area contributed by atoms with Gasteiger partial charge in [-0.2, -0.15) is 0 Å². The molecule has 0 fully saturated rings. The van der Waals surface area contributed by atoms with Gasteiger partial charge >= 0.3 is 0 Å². The number of nitrogens with two attached hydrogens (primary N) is 1. The maximum Gasteiger partial charge on any atom is 0.221 e. The van der Waals surface area contributed by atoms with Crippen LogP contribution in [0.1, 0.15) is 5.56 Å². The SMILES string of the molecule is NC(=O)Cc1ccc(O)c(O)c1Cl. The third-order valence-corrected chi connectivity index (χ3v) is 1.96. The molecule has 0 aliphatic heterocycles. The predicted octanol–water partition coefficient (Wildman–Crippen LogP) is 0.779. The molecule has 5 heteroatoms. The highest BCUT2D eigenvalue weighted by Crippen LogP contribution is 2.35. The summed E-state index contributed by atoms with van der Waals surface area (Å²) < 4.78 is 0. The molecule has 0 saturated heterocycles. The molecule has 0 saturated carbocycles. The normalized spacial score (nSPS) is 9.92. The van der Waals surface area contributed by atoms with Gasteiger partial charge in [-0.1, -0.05) is 17.7 Å². The molecule has 0 aromatic heterocycles. The number of halogens is 1. The summed E-state index contributed by atoms with van der Waals surface area (Å²) in [5, 5.41) is 18.1. The third kappa shape index (κ3) is 2.03. The number of hydrogen-bond donors (Lipinski definition) is 3. The number of benzene rings is 1. The topological polar surface area (TPSA) is 83.6 Å². The Labute approximate surface area is 79.6 Å². The molecule has 1 aromatic rings. The number of carbonyl (C=O) groups is 1. The second kappa shape index (κ2) is 3.53. The van der Waals surface area contributed by atoms with E-state index >= 15 is 0 Å². The maximum absolute atomic E-state index is 10.5. The number of phenolic OH excluding ortho intramolecular Hbond substituents is 2. The number of phenols is 2. The molecule has 0 radical (unpaired) electrons. The van der Waals surface area contributed by atoms with E-state index in [1.54, 1.807) is 0 Å². The second-order valence-corrected chi connectivity index (χ2v) is 2.93. The lowest BCUT2D eigenvalue weighted by molar-refractivity contribution is -0.117. The first-order chi connectivity index (χ1) is 6.02. The lowest BCUT2D eigenvalue weighted by Crippen LogP contribution is -2.13. The first kappa shape index (κ1) is 9.67. The summed E-state index contributed by atoms with van der Waals surface area (Å²) in [6, 6.07) is 2.68. The molecule has 0 aliphatic rings. The Kier molecular flexibility index (Phi) is 2.63. The summed E-state index contributed by atoms with van der Waals surface area (Å²) in [5.41, 5.74) is 5.33. The molecule has 0 atom stereocenters. The minimum absolute atomic E-state index is 0.0428. The van der Waals surface area contributed by atoms with Crippen LogP contribution in [-0.4, -0.2) is 16.1 Å². The predicted molar refractivity (Wildman–Crippen MR) is 47.7 cm³/mol. The van der Waals surface area contributed by atoms with E-state index in [0.29, 0.717) is 5.56 Å². The van der Waals surface area contributed by atoms with Gasteiger partial charge in [-0.3, -0.25) is 4.79 Å². The number of hydrogen-bond acceptors (Lipinski definition) is 3. The van der Waals surface area contributed by atoms with Gasteiger partial charge in [0, 0.05) is 0 Å². The Morgan fingerprint density at radius 2 is 2.08 bits per heavy atom. The molecule has 0 unspecified atom stereocenters. The highest BCUT2D eigenvalue weighted by molar-refractivity contribution is 6.33. The fourth-order valence-corrected chi connectivity index (χ4v) is 1.15. The highest BCUT2D eigenvalue weighted by atomic mass is 35.5. The van der Waals surface area contributed by atoms with Crippen molar-refractivity contribution in [3.8, 4) is 11.5 Å². The molecule has 0 bridgehead atoms. The molecule has 0 heterocycles. The quantitative estimate of drug-likeness (QED) is 0.619. The number of carbonyl (C=O) groups excluding carboxylic acids is 1. The smallest absolute Gasteiger partial charge is 0.221 e. The van der Waals surface area contributed by atoms with E-state index in [0.717, 1.165) is 0 Å². The molecule has 1 rings (SSSR count). The van der Waals surface area contributed by atoms with E-state index < -0.39 is 11.7 Å². The average molecular weight is 202 g/mol. The Morgan fingerprint density at radius 1 is 1.46 bits per heavy atom. The maximum atomic E-state index is 10.5. The van der Waals surface area contributed by atoms with Crippen molar-refractivity contribution in [2.24, 2.45) is 5.73 Å². The molecule has 0 spiro atoms. The Morgan fingerprint density at radius 3 is 2.62 bits per heavy atom. The van der Waals surface area contributed by atoms with Crippen LogP contribution >= 0.6 is 11.6 Å². The molecule has 4 N–H and O–H groups in total. The molecule has 1 aromatic carbocycles. The van der Waals surface area contributed by atoms with Crippen LogP contribution < -0.4 is 5.73 Å². The average Bonchev–Trinajstić information content (AvgIpc) is 2.06. The summed E-state index contributed by atoms with van der Waals surface area (Å²) >= 11 is 5.62. The lowest BCUT2D eigenvalue weighted by Gasteiger charge is -2.04. The van der Waals surface area contributed by atoms with Gasteiger partial charge in [0.05, 0.1) is 11.4 Å². The number of primary amides is 1. The summed E-state index contributed by atoms with van der Waals surface area (Å²) in [7, 11) is 0. The van der Waals surface area contributed by atoms with Crippen molar-refractivity contribution >= 4 is 17.5 Å². The molecule has 13 heavy (non-hydrogen) atoms. The zero-order chi connectivity index (χ0) is 10.0. The van der Waals surface area contributed by atoms with E-state index in [9.17, 15) is 4.79 Å². The molecule has 0 aliphatic carbocycles. The molecule has 1 amide bonds. The van der Waals surface area contributed by atoms with Crippen LogP contribution in [-0.2, 0) is 11.2 Å². The van der Waals surface area contributed by atoms with Crippen molar-refractivity contribution < 1.29 is 15.0 Å². The minimum Gasteiger partial charge on any atom is -0.504 e. The van der Waals surface area contributed by atoms with Gasteiger partial charge < -0.3 is 15.9 Å². The van der Waals surface area contributed by atoms with Gasteiger partial charge in [-0.15, -0.1) is 0 Å². The lowest BCUT2D eigenvalue weighted by atomic mass is 10.1. The van der Waals surface area contributed by atoms with Crippen LogP contribution in [0.3, 0.4) is 0 Å². The van der Waals surface area contributed by atoms with E-state index in [2.05, 4.69) is 0 Å². The monoisotopic (exact) mass is 201 g/mol.